The molecule has 0 heterocycles. The van der Waals surface area contributed by atoms with E-state index >= 15 is 0 Å². The minimum absolute atomic E-state index is 0.0360. The average molecular weight is 239 g/mol. The molecule has 0 radical (unpaired) electrons. The van der Waals surface area contributed by atoms with E-state index in [2.05, 4.69) is 4.72 Å². The molecule has 0 aromatic heterocycles. The second-order valence-corrected chi connectivity index (χ2v) is 6.29. The van der Waals surface area contributed by atoms with E-state index in [1.165, 1.54) is 0 Å². The highest BCUT2D eigenvalue weighted by Gasteiger charge is 2.34. The summed E-state index contributed by atoms with van der Waals surface area (Å²) in [6.45, 7) is 1.66. The fourth-order valence-electron chi connectivity index (χ4n) is 1.80. The monoisotopic (exact) mass is 239 g/mol. The van der Waals surface area contributed by atoms with Crippen molar-refractivity contribution < 1.29 is 8.42 Å². The van der Waals surface area contributed by atoms with Crippen LogP contribution in [-0.2, 0) is 10.0 Å². The SMILES string of the molecule is CCS(=O)(=O)NC(c1ccccc1)C1CC1. The van der Waals surface area contributed by atoms with Gasteiger partial charge in [-0.1, -0.05) is 30.3 Å². The first-order valence-corrected chi connectivity index (χ1v) is 7.32. The number of hydrogen-bond acceptors (Lipinski definition) is 2. The third kappa shape index (κ3) is 2.83. The van der Waals surface area contributed by atoms with E-state index in [-0.39, 0.29) is 11.8 Å². The normalized spacial score (nSPS) is 18.3. The molecule has 1 N–H and O–H groups in total. The summed E-state index contributed by atoms with van der Waals surface area (Å²) in [5.41, 5.74) is 1.07. The summed E-state index contributed by atoms with van der Waals surface area (Å²) in [4.78, 5) is 0. The summed E-state index contributed by atoms with van der Waals surface area (Å²) in [5.74, 6) is 0.618. The molecule has 1 saturated carbocycles. The molecule has 1 aromatic rings. The fraction of sp³-hybridized carbons (Fsp3) is 0.500. The number of benzene rings is 1. The van der Waals surface area contributed by atoms with Crippen molar-refractivity contribution in [2.24, 2.45) is 5.92 Å². The second kappa shape index (κ2) is 4.55. The van der Waals surface area contributed by atoms with Crippen LogP contribution in [0, 0.1) is 5.92 Å². The number of rotatable bonds is 5. The van der Waals surface area contributed by atoms with Gasteiger partial charge in [0.05, 0.1) is 5.75 Å². The van der Waals surface area contributed by atoms with Gasteiger partial charge in [-0.25, -0.2) is 13.1 Å². The summed E-state index contributed by atoms with van der Waals surface area (Å²) < 4.78 is 26.0. The van der Waals surface area contributed by atoms with E-state index < -0.39 is 10.0 Å². The Morgan fingerprint density at radius 2 is 1.94 bits per heavy atom. The Hall–Kier alpha value is -0.870. The number of hydrogen-bond donors (Lipinski definition) is 1. The van der Waals surface area contributed by atoms with E-state index in [9.17, 15) is 8.42 Å². The zero-order valence-electron chi connectivity index (χ0n) is 9.39. The standard InChI is InChI=1S/C12H17NO2S/c1-2-16(14,15)13-12(11-8-9-11)10-6-4-3-5-7-10/h3-7,11-13H,2,8-9H2,1H3. The molecule has 1 aliphatic rings. The van der Waals surface area contributed by atoms with Gasteiger partial charge in [-0.3, -0.25) is 0 Å². The van der Waals surface area contributed by atoms with Gasteiger partial charge in [0, 0.05) is 6.04 Å². The Morgan fingerprint density at radius 3 is 2.44 bits per heavy atom. The van der Waals surface area contributed by atoms with Crippen LogP contribution in [-0.4, -0.2) is 14.2 Å². The Labute approximate surface area is 96.9 Å². The van der Waals surface area contributed by atoms with Crippen LogP contribution in [0.4, 0.5) is 0 Å². The molecular weight excluding hydrogens is 222 g/mol. The van der Waals surface area contributed by atoms with Crippen LogP contribution in [0.5, 0.6) is 0 Å². The first-order chi connectivity index (χ1) is 7.62. The van der Waals surface area contributed by atoms with Crippen molar-refractivity contribution in [2.75, 3.05) is 5.75 Å². The van der Waals surface area contributed by atoms with Crippen molar-refractivity contribution in [3.8, 4) is 0 Å². The Kier molecular flexibility index (Phi) is 3.30. The summed E-state index contributed by atoms with van der Waals surface area (Å²) in [6.07, 6.45) is 2.23. The largest absolute Gasteiger partial charge is 0.212 e. The lowest BCUT2D eigenvalue weighted by Gasteiger charge is -2.18. The van der Waals surface area contributed by atoms with Crippen molar-refractivity contribution in [3.05, 3.63) is 35.9 Å². The minimum atomic E-state index is -3.12. The molecular formula is C12H17NO2S. The van der Waals surface area contributed by atoms with Gasteiger partial charge in [-0.15, -0.1) is 0 Å². The van der Waals surface area contributed by atoms with E-state index in [0.29, 0.717) is 5.92 Å². The minimum Gasteiger partial charge on any atom is -0.212 e. The maximum absolute atomic E-state index is 11.6. The molecule has 16 heavy (non-hydrogen) atoms. The molecule has 88 valence electrons. The number of nitrogens with one attached hydrogen (secondary N) is 1. The highest BCUT2D eigenvalue weighted by atomic mass is 32.2. The van der Waals surface area contributed by atoms with E-state index in [1.54, 1.807) is 6.92 Å². The van der Waals surface area contributed by atoms with Crippen molar-refractivity contribution in [3.63, 3.8) is 0 Å². The van der Waals surface area contributed by atoms with Crippen LogP contribution in [0.25, 0.3) is 0 Å². The summed E-state index contributed by atoms with van der Waals surface area (Å²) >= 11 is 0. The van der Waals surface area contributed by atoms with Gasteiger partial charge in [-0.2, -0.15) is 0 Å². The molecule has 2 rings (SSSR count). The van der Waals surface area contributed by atoms with Gasteiger partial charge in [-0.05, 0) is 31.2 Å². The Balaban J connectivity index is 2.19. The Bertz CT molecular complexity index is 437. The topological polar surface area (TPSA) is 46.2 Å². The summed E-state index contributed by atoms with van der Waals surface area (Å²) in [5, 5.41) is 0. The maximum Gasteiger partial charge on any atom is 0.211 e. The van der Waals surface area contributed by atoms with Gasteiger partial charge in [0.15, 0.2) is 0 Å². The van der Waals surface area contributed by atoms with Gasteiger partial charge < -0.3 is 0 Å². The molecule has 4 heteroatoms. The van der Waals surface area contributed by atoms with E-state index in [4.69, 9.17) is 0 Å². The third-order valence-electron chi connectivity index (χ3n) is 2.94. The van der Waals surface area contributed by atoms with Gasteiger partial charge in [0.25, 0.3) is 0 Å². The Morgan fingerprint density at radius 1 is 1.31 bits per heavy atom. The number of sulfonamides is 1. The molecule has 0 spiro atoms. The molecule has 0 amide bonds. The van der Waals surface area contributed by atoms with Crippen molar-refractivity contribution in [2.45, 2.75) is 25.8 Å². The first kappa shape index (κ1) is 11.6. The lowest BCUT2D eigenvalue weighted by atomic mass is 10.0. The van der Waals surface area contributed by atoms with Gasteiger partial charge >= 0.3 is 0 Å². The van der Waals surface area contributed by atoms with Crippen molar-refractivity contribution in [1.82, 2.24) is 4.72 Å². The van der Waals surface area contributed by atoms with Crippen molar-refractivity contribution in [1.29, 1.82) is 0 Å². The zero-order valence-corrected chi connectivity index (χ0v) is 10.2. The third-order valence-corrected chi connectivity index (χ3v) is 4.31. The predicted molar refractivity (Wildman–Crippen MR) is 64.5 cm³/mol. The smallest absolute Gasteiger partial charge is 0.211 e. The second-order valence-electron chi connectivity index (χ2n) is 4.25. The van der Waals surface area contributed by atoms with Gasteiger partial charge in [0.2, 0.25) is 10.0 Å². The van der Waals surface area contributed by atoms with Crippen LogP contribution in [0.3, 0.4) is 0 Å². The van der Waals surface area contributed by atoms with E-state index in [0.717, 1.165) is 18.4 Å². The van der Waals surface area contributed by atoms with Crippen LogP contribution >= 0.6 is 0 Å². The summed E-state index contributed by atoms with van der Waals surface area (Å²) in [6, 6.07) is 9.78. The van der Waals surface area contributed by atoms with Crippen LogP contribution in [0.1, 0.15) is 31.4 Å². The molecule has 1 atom stereocenters. The van der Waals surface area contributed by atoms with Crippen molar-refractivity contribution >= 4 is 10.0 Å². The van der Waals surface area contributed by atoms with Crippen LogP contribution < -0.4 is 4.72 Å². The first-order valence-electron chi connectivity index (χ1n) is 5.67. The lowest BCUT2D eigenvalue weighted by Crippen LogP contribution is -2.31. The summed E-state index contributed by atoms with van der Waals surface area (Å²) in [7, 11) is -3.12. The molecule has 0 aliphatic heterocycles. The van der Waals surface area contributed by atoms with Crippen LogP contribution in [0.15, 0.2) is 30.3 Å². The van der Waals surface area contributed by atoms with E-state index in [1.807, 2.05) is 30.3 Å². The lowest BCUT2D eigenvalue weighted by molar-refractivity contribution is 0.530. The molecule has 0 saturated heterocycles. The average Bonchev–Trinajstić information content (AvgIpc) is 3.11. The van der Waals surface area contributed by atoms with Crippen LogP contribution in [0.2, 0.25) is 0 Å². The highest BCUT2D eigenvalue weighted by molar-refractivity contribution is 7.89. The highest BCUT2D eigenvalue weighted by Crippen LogP contribution is 2.41. The molecule has 1 unspecified atom stereocenters. The molecule has 3 nitrogen and oxygen atoms in total. The molecule has 0 bridgehead atoms. The maximum atomic E-state index is 11.6. The predicted octanol–water partition coefficient (Wildman–Crippen LogP) is 2.08. The molecule has 1 aromatic carbocycles. The molecule has 1 fully saturated rings. The quantitative estimate of drug-likeness (QED) is 0.855. The van der Waals surface area contributed by atoms with Gasteiger partial charge in [0.1, 0.15) is 0 Å². The zero-order chi connectivity index (χ0) is 11.6. The molecule has 1 aliphatic carbocycles. The fourth-order valence-corrected chi connectivity index (χ4v) is 2.69.